The van der Waals surface area contributed by atoms with E-state index in [1.807, 2.05) is 12.1 Å². The zero-order valence-corrected chi connectivity index (χ0v) is 12.7. The molecule has 1 aliphatic rings. The summed E-state index contributed by atoms with van der Waals surface area (Å²) in [6.07, 6.45) is 4.55. The van der Waals surface area contributed by atoms with Gasteiger partial charge in [-0.05, 0) is 36.8 Å². The van der Waals surface area contributed by atoms with Gasteiger partial charge in [0.25, 0.3) is 0 Å². The van der Waals surface area contributed by atoms with Crippen molar-refractivity contribution in [2.24, 2.45) is 5.92 Å². The summed E-state index contributed by atoms with van der Waals surface area (Å²) in [6, 6.07) is 7.92. The van der Waals surface area contributed by atoms with Crippen molar-refractivity contribution < 1.29 is 18.7 Å². The van der Waals surface area contributed by atoms with Crippen molar-refractivity contribution in [2.75, 3.05) is 31.7 Å². The van der Waals surface area contributed by atoms with Crippen LogP contribution in [-0.4, -0.2) is 36.9 Å². The number of benzene rings is 1. The van der Waals surface area contributed by atoms with Gasteiger partial charge in [0.05, 0.1) is 24.6 Å². The van der Waals surface area contributed by atoms with Crippen LogP contribution in [0.25, 0.3) is 5.69 Å². The van der Waals surface area contributed by atoms with E-state index < -0.39 is 0 Å². The molecule has 1 saturated heterocycles. The highest BCUT2D eigenvalue weighted by Gasteiger charge is 2.16. The van der Waals surface area contributed by atoms with Gasteiger partial charge in [0.1, 0.15) is 12.4 Å². The van der Waals surface area contributed by atoms with Crippen LogP contribution in [0.2, 0.25) is 0 Å². The molecule has 0 saturated carbocycles. The van der Waals surface area contributed by atoms with Crippen LogP contribution in [0.5, 0.6) is 0 Å². The van der Waals surface area contributed by atoms with E-state index in [1.54, 1.807) is 23.0 Å². The number of halogens is 1. The highest BCUT2D eigenvalue weighted by Crippen LogP contribution is 2.21. The first-order valence-electron chi connectivity index (χ1n) is 7.60. The zero-order valence-electron chi connectivity index (χ0n) is 12.7. The Balaban J connectivity index is 1.59. The van der Waals surface area contributed by atoms with E-state index in [-0.39, 0.29) is 18.3 Å². The van der Waals surface area contributed by atoms with Crippen molar-refractivity contribution in [3.05, 3.63) is 48.5 Å². The van der Waals surface area contributed by atoms with Crippen LogP contribution in [0.3, 0.4) is 0 Å². The molecule has 0 radical (unpaired) electrons. The molecule has 1 aromatic carbocycles. The zero-order chi connectivity index (χ0) is 16.1. The molecule has 0 bridgehead atoms. The van der Waals surface area contributed by atoms with Gasteiger partial charge in [-0.2, -0.15) is 0 Å². The van der Waals surface area contributed by atoms with Crippen molar-refractivity contribution in [1.82, 2.24) is 4.57 Å². The predicted molar refractivity (Wildman–Crippen MR) is 84.1 cm³/mol. The number of hydrogen-bond donors (Lipinski definition) is 1. The molecule has 0 aliphatic carbocycles. The summed E-state index contributed by atoms with van der Waals surface area (Å²) in [6.45, 7) is 1.94. The van der Waals surface area contributed by atoms with Gasteiger partial charge in [-0.3, -0.25) is 4.79 Å². The summed E-state index contributed by atoms with van der Waals surface area (Å²) in [5.41, 5.74) is 1.12. The molecular formula is C17H19FN2O3. The first-order valence-corrected chi connectivity index (χ1v) is 7.60. The number of nitrogens with zero attached hydrogens (tertiary/aromatic N) is 1. The molecule has 23 heavy (non-hydrogen) atoms. The molecule has 1 atom stereocenters. The van der Waals surface area contributed by atoms with E-state index in [4.69, 9.17) is 9.47 Å². The van der Waals surface area contributed by atoms with Gasteiger partial charge in [0.2, 0.25) is 5.91 Å². The van der Waals surface area contributed by atoms with Gasteiger partial charge in [-0.25, -0.2) is 4.39 Å². The Morgan fingerprint density at radius 1 is 1.39 bits per heavy atom. The monoisotopic (exact) mass is 318 g/mol. The van der Waals surface area contributed by atoms with E-state index in [2.05, 4.69) is 5.32 Å². The fourth-order valence-corrected chi connectivity index (χ4v) is 2.54. The van der Waals surface area contributed by atoms with E-state index in [0.717, 1.165) is 13.0 Å². The molecule has 1 N–H and O–H groups in total. The van der Waals surface area contributed by atoms with Gasteiger partial charge in [0, 0.05) is 24.9 Å². The number of carbonyl (C=O) groups is 1. The van der Waals surface area contributed by atoms with Gasteiger partial charge in [0.15, 0.2) is 0 Å². The molecule has 2 heterocycles. The Hall–Kier alpha value is -2.18. The number of hydrogen-bond acceptors (Lipinski definition) is 3. The minimum atomic E-state index is -0.357. The molecule has 2 aromatic rings. The van der Waals surface area contributed by atoms with E-state index in [1.165, 1.54) is 12.1 Å². The summed E-state index contributed by atoms with van der Waals surface area (Å²) in [7, 11) is 0. The van der Waals surface area contributed by atoms with Crippen LogP contribution >= 0.6 is 0 Å². The molecule has 6 heteroatoms. The number of aromatic nitrogens is 1. The minimum Gasteiger partial charge on any atom is -0.381 e. The molecule has 5 nitrogen and oxygen atoms in total. The van der Waals surface area contributed by atoms with E-state index in [0.29, 0.717) is 30.5 Å². The Bertz CT molecular complexity index is 652. The predicted octanol–water partition coefficient (Wildman–Crippen LogP) is 2.61. The second-order valence-electron chi connectivity index (χ2n) is 5.54. The maximum absolute atomic E-state index is 13.5. The summed E-state index contributed by atoms with van der Waals surface area (Å²) in [4.78, 5) is 12.0. The molecule has 1 aliphatic heterocycles. The third kappa shape index (κ3) is 4.18. The molecule has 122 valence electrons. The lowest BCUT2D eigenvalue weighted by atomic mass is 10.1. The van der Waals surface area contributed by atoms with Crippen molar-refractivity contribution in [3.8, 4) is 5.69 Å². The molecule has 0 unspecified atom stereocenters. The van der Waals surface area contributed by atoms with Crippen LogP contribution in [0.4, 0.5) is 10.1 Å². The fraction of sp³-hybridized carbons (Fsp3) is 0.353. The Kier molecular flexibility index (Phi) is 5.05. The summed E-state index contributed by atoms with van der Waals surface area (Å²) in [5, 5.41) is 2.77. The van der Waals surface area contributed by atoms with Crippen LogP contribution < -0.4 is 5.32 Å². The Morgan fingerprint density at radius 3 is 2.96 bits per heavy atom. The molecule has 1 fully saturated rings. The van der Waals surface area contributed by atoms with Crippen LogP contribution in [0, 0.1) is 11.7 Å². The molecule has 1 aromatic heterocycles. The van der Waals surface area contributed by atoms with Crippen molar-refractivity contribution in [3.63, 3.8) is 0 Å². The number of carbonyl (C=O) groups excluding carboxylic acids is 1. The van der Waals surface area contributed by atoms with Crippen LogP contribution in [0.15, 0.2) is 42.7 Å². The summed E-state index contributed by atoms with van der Waals surface area (Å²) < 4.78 is 25.9. The third-order valence-electron chi connectivity index (χ3n) is 3.73. The second kappa shape index (κ2) is 7.39. The van der Waals surface area contributed by atoms with Gasteiger partial charge in [-0.1, -0.05) is 0 Å². The quantitative estimate of drug-likeness (QED) is 0.891. The number of amides is 1. The molecule has 1 amide bonds. The normalized spacial score (nSPS) is 17.3. The minimum absolute atomic E-state index is 0.0288. The number of rotatable bonds is 6. The summed E-state index contributed by atoms with van der Waals surface area (Å²) in [5.74, 6) is -0.253. The van der Waals surface area contributed by atoms with Crippen molar-refractivity contribution in [2.45, 2.75) is 6.42 Å². The van der Waals surface area contributed by atoms with Gasteiger partial charge >= 0.3 is 0 Å². The van der Waals surface area contributed by atoms with Crippen molar-refractivity contribution >= 4 is 11.6 Å². The van der Waals surface area contributed by atoms with Gasteiger partial charge < -0.3 is 19.4 Å². The number of nitrogens with one attached hydrogen (secondary N) is 1. The summed E-state index contributed by atoms with van der Waals surface area (Å²) >= 11 is 0. The largest absolute Gasteiger partial charge is 0.381 e. The van der Waals surface area contributed by atoms with E-state index in [9.17, 15) is 9.18 Å². The SMILES string of the molecule is O=C(COC[C@@H]1CCOC1)Nc1ccc(F)cc1-n1cccc1. The molecule has 3 rings (SSSR count). The number of ether oxygens (including phenoxy) is 2. The Labute approximate surface area is 134 Å². The average molecular weight is 318 g/mol. The highest BCUT2D eigenvalue weighted by atomic mass is 19.1. The lowest BCUT2D eigenvalue weighted by Crippen LogP contribution is -2.21. The maximum Gasteiger partial charge on any atom is 0.250 e. The van der Waals surface area contributed by atoms with Gasteiger partial charge in [-0.15, -0.1) is 0 Å². The molecule has 0 spiro atoms. The standard InChI is InChI=1S/C17H19FN2O3/c18-14-3-4-15(16(9-14)20-6-1-2-7-20)19-17(21)12-23-11-13-5-8-22-10-13/h1-4,6-7,9,13H,5,8,10-12H2,(H,19,21)/t13-/m1/s1. The van der Waals surface area contributed by atoms with E-state index >= 15 is 0 Å². The van der Waals surface area contributed by atoms with Crippen LogP contribution in [-0.2, 0) is 14.3 Å². The average Bonchev–Trinajstić information content (AvgIpc) is 3.22. The Morgan fingerprint density at radius 2 is 2.22 bits per heavy atom. The lowest BCUT2D eigenvalue weighted by molar-refractivity contribution is -0.121. The van der Waals surface area contributed by atoms with Crippen LogP contribution in [0.1, 0.15) is 6.42 Å². The first-order chi connectivity index (χ1) is 11.2. The van der Waals surface area contributed by atoms with Crippen molar-refractivity contribution in [1.29, 1.82) is 0 Å². The molecular weight excluding hydrogens is 299 g/mol. The lowest BCUT2D eigenvalue weighted by Gasteiger charge is -2.13. The fourth-order valence-electron chi connectivity index (χ4n) is 2.54. The third-order valence-corrected chi connectivity index (χ3v) is 3.73. The highest BCUT2D eigenvalue weighted by molar-refractivity contribution is 5.93. The topological polar surface area (TPSA) is 52.5 Å². The maximum atomic E-state index is 13.5. The first kappa shape index (κ1) is 15.7. The number of anilines is 1. The second-order valence-corrected chi connectivity index (χ2v) is 5.54. The smallest absolute Gasteiger partial charge is 0.250 e.